The number of nitrogens with zero attached hydrogens (tertiary/aromatic N) is 4. The third-order valence-electron chi connectivity index (χ3n) is 6.30. The van der Waals surface area contributed by atoms with Crippen molar-refractivity contribution in [1.29, 1.82) is 0 Å². The molecule has 6 nitrogen and oxygen atoms in total. The first kappa shape index (κ1) is 15.9. The van der Waals surface area contributed by atoms with Crippen LogP contribution in [0.25, 0.3) is 0 Å². The quantitative estimate of drug-likeness (QED) is 0.818. The molecule has 0 spiro atoms. The highest BCUT2D eigenvalue weighted by molar-refractivity contribution is 9.10. The van der Waals surface area contributed by atoms with Crippen molar-refractivity contribution in [2.24, 2.45) is 17.3 Å². The first-order valence-corrected chi connectivity index (χ1v) is 10.4. The van der Waals surface area contributed by atoms with E-state index in [1.807, 2.05) is 24.1 Å². The summed E-state index contributed by atoms with van der Waals surface area (Å²) < 4.78 is 2.66. The third-order valence-corrected chi connectivity index (χ3v) is 7.50. The number of rotatable bonds is 3. The van der Waals surface area contributed by atoms with Gasteiger partial charge in [0.25, 0.3) is 0 Å². The van der Waals surface area contributed by atoms with E-state index >= 15 is 0 Å². The van der Waals surface area contributed by atoms with Crippen molar-refractivity contribution in [3.63, 3.8) is 0 Å². The summed E-state index contributed by atoms with van der Waals surface area (Å²) in [4.78, 5) is 23.0. The Hall–Kier alpha value is -1.28. The smallest absolute Gasteiger partial charge is 0.232 e. The molecule has 4 fully saturated rings. The summed E-state index contributed by atoms with van der Waals surface area (Å²) in [5, 5.41) is 8.38. The topological polar surface area (TPSA) is 72.7 Å². The van der Waals surface area contributed by atoms with E-state index in [1.165, 1.54) is 6.42 Å². The molecule has 0 unspecified atom stereocenters. The average molecular weight is 422 g/mol. The number of aryl methyl sites for hydroxylation is 1. The molecule has 25 heavy (non-hydrogen) atoms. The predicted molar refractivity (Wildman–Crippen MR) is 98.3 cm³/mol. The number of anilines is 1. The molecule has 0 aliphatic heterocycles. The molecule has 0 aromatic carbocycles. The standard InChI is InChI=1S/C17H20BrN5OS/c1-10-7-19-15(25-10)21-13(24)16-3-11-2-12(4-16)6-17(5-11,8-16)23-9-20-14(18)22-23/h7,9,11-12H,2-6,8H2,1H3,(H,19,21,24)/t11-,12-,16?,17?/m0/s1. The Bertz CT molecular complexity index is 832. The van der Waals surface area contributed by atoms with Crippen LogP contribution in [0.4, 0.5) is 5.13 Å². The van der Waals surface area contributed by atoms with E-state index in [0.717, 1.165) is 42.1 Å². The number of amides is 1. The van der Waals surface area contributed by atoms with Crippen LogP contribution in [0, 0.1) is 24.2 Å². The molecule has 2 heterocycles. The lowest BCUT2D eigenvalue weighted by Crippen LogP contribution is -2.60. The molecule has 4 bridgehead atoms. The van der Waals surface area contributed by atoms with Crippen molar-refractivity contribution >= 4 is 38.3 Å². The van der Waals surface area contributed by atoms with Gasteiger partial charge in [-0.3, -0.25) is 4.79 Å². The second kappa shape index (κ2) is 5.36. The highest BCUT2D eigenvalue weighted by Gasteiger charge is 2.61. The van der Waals surface area contributed by atoms with Crippen molar-refractivity contribution in [2.45, 2.75) is 51.0 Å². The van der Waals surface area contributed by atoms with Crippen LogP contribution in [0.15, 0.2) is 17.3 Å². The Morgan fingerprint density at radius 2 is 2.08 bits per heavy atom. The lowest BCUT2D eigenvalue weighted by Gasteiger charge is -2.60. The van der Waals surface area contributed by atoms with Crippen molar-refractivity contribution in [2.75, 3.05) is 5.32 Å². The molecule has 1 N–H and O–H groups in total. The highest BCUT2D eigenvalue weighted by Crippen LogP contribution is 2.64. The number of aromatic nitrogens is 4. The van der Waals surface area contributed by atoms with Crippen LogP contribution < -0.4 is 5.32 Å². The fraction of sp³-hybridized carbons (Fsp3) is 0.647. The maximum Gasteiger partial charge on any atom is 0.232 e. The van der Waals surface area contributed by atoms with Crippen molar-refractivity contribution in [3.05, 3.63) is 22.1 Å². The fourth-order valence-corrected chi connectivity index (χ4v) is 6.78. The maximum atomic E-state index is 13.3. The van der Waals surface area contributed by atoms with Gasteiger partial charge < -0.3 is 5.32 Å². The molecule has 8 heteroatoms. The van der Waals surface area contributed by atoms with E-state index in [0.29, 0.717) is 16.6 Å². The molecule has 2 atom stereocenters. The van der Waals surface area contributed by atoms with E-state index in [9.17, 15) is 4.79 Å². The zero-order valence-electron chi connectivity index (χ0n) is 14.0. The van der Waals surface area contributed by atoms with Gasteiger partial charge in [0.15, 0.2) is 5.13 Å². The Morgan fingerprint density at radius 1 is 1.32 bits per heavy atom. The summed E-state index contributed by atoms with van der Waals surface area (Å²) in [5.74, 6) is 1.36. The Balaban J connectivity index is 1.48. The summed E-state index contributed by atoms with van der Waals surface area (Å²) >= 11 is 4.91. The minimum Gasteiger partial charge on any atom is -0.301 e. The average Bonchev–Trinajstić information content (AvgIpc) is 3.15. The number of carbonyl (C=O) groups excluding carboxylic acids is 1. The monoisotopic (exact) mass is 421 g/mol. The molecular formula is C17H20BrN5OS. The summed E-state index contributed by atoms with van der Waals surface area (Å²) in [6.45, 7) is 2.01. The minimum atomic E-state index is -0.290. The lowest BCUT2D eigenvalue weighted by molar-refractivity contribution is -0.150. The molecule has 2 aromatic rings. The molecule has 2 aromatic heterocycles. The Morgan fingerprint density at radius 3 is 2.68 bits per heavy atom. The van der Waals surface area contributed by atoms with Crippen LogP contribution in [0.3, 0.4) is 0 Å². The van der Waals surface area contributed by atoms with E-state index in [-0.39, 0.29) is 16.9 Å². The molecule has 4 saturated carbocycles. The number of carbonyl (C=O) groups is 1. The van der Waals surface area contributed by atoms with E-state index in [4.69, 9.17) is 0 Å². The molecule has 4 aliphatic rings. The zero-order valence-corrected chi connectivity index (χ0v) is 16.4. The molecule has 0 saturated heterocycles. The molecule has 0 radical (unpaired) electrons. The van der Waals surface area contributed by atoms with Crippen LogP contribution in [-0.2, 0) is 10.3 Å². The highest BCUT2D eigenvalue weighted by atomic mass is 79.9. The largest absolute Gasteiger partial charge is 0.301 e. The second-order valence-electron chi connectivity index (χ2n) is 8.15. The van der Waals surface area contributed by atoms with Crippen LogP contribution in [0.1, 0.15) is 43.4 Å². The van der Waals surface area contributed by atoms with E-state index in [2.05, 4.69) is 36.3 Å². The third kappa shape index (κ3) is 2.48. The number of hydrogen-bond acceptors (Lipinski definition) is 5. The minimum absolute atomic E-state index is 0.0563. The van der Waals surface area contributed by atoms with Crippen molar-refractivity contribution < 1.29 is 4.79 Å². The molecule has 1 amide bonds. The van der Waals surface area contributed by atoms with Gasteiger partial charge in [0.2, 0.25) is 10.6 Å². The van der Waals surface area contributed by atoms with E-state index < -0.39 is 0 Å². The maximum absolute atomic E-state index is 13.3. The van der Waals surface area contributed by atoms with Crippen LogP contribution in [0.5, 0.6) is 0 Å². The van der Waals surface area contributed by atoms with Gasteiger partial charge in [0.1, 0.15) is 6.33 Å². The number of hydrogen-bond donors (Lipinski definition) is 1. The fourth-order valence-electron chi connectivity index (χ4n) is 5.86. The number of halogens is 1. The molecule has 4 aliphatic carbocycles. The number of nitrogens with one attached hydrogen (secondary N) is 1. The summed E-state index contributed by atoms with van der Waals surface area (Å²) in [6.07, 6.45) is 9.98. The normalized spacial score (nSPS) is 35.9. The zero-order chi connectivity index (χ0) is 17.2. The summed E-state index contributed by atoms with van der Waals surface area (Å²) in [6, 6.07) is 0. The van der Waals surface area contributed by atoms with Gasteiger partial charge in [-0.1, -0.05) is 0 Å². The molecular weight excluding hydrogens is 402 g/mol. The number of thiazole rings is 1. The SMILES string of the molecule is Cc1cnc(NC(=O)C23C[C@@H]4C[C@@H](C2)CC(n2cnc(Br)n2)(C4)C3)s1. The van der Waals surface area contributed by atoms with Gasteiger partial charge in [-0.25, -0.2) is 14.6 Å². The summed E-state index contributed by atoms with van der Waals surface area (Å²) in [5.41, 5.74) is -0.346. The Kier molecular flexibility index (Phi) is 3.42. The lowest BCUT2D eigenvalue weighted by atomic mass is 9.46. The second-order valence-corrected chi connectivity index (χ2v) is 10.1. The van der Waals surface area contributed by atoms with Crippen molar-refractivity contribution in [3.8, 4) is 0 Å². The van der Waals surface area contributed by atoms with Gasteiger partial charge in [0, 0.05) is 11.1 Å². The van der Waals surface area contributed by atoms with Gasteiger partial charge in [0.05, 0.1) is 11.0 Å². The molecule has 132 valence electrons. The first-order valence-electron chi connectivity index (χ1n) is 8.78. The Labute approximate surface area is 158 Å². The van der Waals surface area contributed by atoms with Gasteiger partial charge in [-0.15, -0.1) is 16.4 Å². The first-order chi connectivity index (χ1) is 12.0. The van der Waals surface area contributed by atoms with Crippen LogP contribution >= 0.6 is 27.3 Å². The van der Waals surface area contributed by atoms with Crippen LogP contribution in [-0.4, -0.2) is 25.7 Å². The van der Waals surface area contributed by atoms with Gasteiger partial charge in [-0.05, 0) is 73.2 Å². The van der Waals surface area contributed by atoms with Crippen LogP contribution in [0.2, 0.25) is 0 Å². The summed E-state index contributed by atoms with van der Waals surface area (Å²) in [7, 11) is 0. The van der Waals surface area contributed by atoms with Crippen molar-refractivity contribution in [1.82, 2.24) is 19.7 Å². The molecule has 6 rings (SSSR count). The van der Waals surface area contributed by atoms with Gasteiger partial charge in [-0.2, -0.15) is 0 Å². The van der Waals surface area contributed by atoms with E-state index in [1.54, 1.807) is 11.3 Å². The predicted octanol–water partition coefficient (Wildman–Crippen LogP) is 3.74. The van der Waals surface area contributed by atoms with Gasteiger partial charge >= 0.3 is 0 Å².